The lowest BCUT2D eigenvalue weighted by Crippen LogP contribution is -2.56. The van der Waals surface area contributed by atoms with Gasteiger partial charge >= 0.3 is 0 Å². The molecule has 0 unspecified atom stereocenters. The summed E-state index contributed by atoms with van der Waals surface area (Å²) in [4.78, 5) is 29.7. The molecule has 2 amide bonds. The van der Waals surface area contributed by atoms with Crippen LogP contribution in [0.1, 0.15) is 32.3 Å². The van der Waals surface area contributed by atoms with Gasteiger partial charge in [0, 0.05) is 24.1 Å². The normalized spacial score (nSPS) is 21.6. The summed E-state index contributed by atoms with van der Waals surface area (Å²) in [6.45, 7) is 6.34. The molecular weight excluding hydrogens is 498 g/mol. The van der Waals surface area contributed by atoms with Crippen LogP contribution < -0.4 is 4.72 Å². The van der Waals surface area contributed by atoms with E-state index in [1.54, 1.807) is 9.80 Å². The molecule has 0 spiro atoms. The first-order valence-corrected chi connectivity index (χ1v) is 13.6. The fourth-order valence-corrected chi connectivity index (χ4v) is 5.68. The summed E-state index contributed by atoms with van der Waals surface area (Å²) in [5, 5.41) is 0. The molecule has 3 atom stereocenters. The number of halogens is 1. The molecule has 1 N–H and O–H groups in total. The minimum atomic E-state index is -3.64. The lowest BCUT2D eigenvalue weighted by molar-refractivity contribution is -0.149. The quantitative estimate of drug-likeness (QED) is 0.526. The van der Waals surface area contributed by atoms with Crippen LogP contribution in [0.3, 0.4) is 0 Å². The molecule has 0 bridgehead atoms. The number of rotatable bonds is 9. The van der Waals surface area contributed by atoms with Crippen LogP contribution >= 0.6 is 15.9 Å². The molecule has 8 nitrogen and oxygen atoms in total. The number of carbonyl (C=O) groups is 2. The van der Waals surface area contributed by atoms with Gasteiger partial charge in [0.15, 0.2) is 0 Å². The lowest BCUT2D eigenvalue weighted by Gasteiger charge is -2.37. The second kappa shape index (κ2) is 11.1. The van der Waals surface area contributed by atoms with Crippen LogP contribution in [0, 0.1) is 5.92 Å². The van der Waals surface area contributed by atoms with Crippen molar-refractivity contribution in [2.24, 2.45) is 5.92 Å². The van der Waals surface area contributed by atoms with Crippen molar-refractivity contribution in [2.75, 3.05) is 38.6 Å². The SMILES string of the molecule is CC[C@H](C)[C@@H](C(=O)N1CCOCC1)N1CC[C@H](NS(=O)(=O)CCc2ccc(Br)cc2)C1=O. The minimum absolute atomic E-state index is 0.0259. The Kier molecular flexibility index (Phi) is 8.71. The summed E-state index contributed by atoms with van der Waals surface area (Å²) in [6, 6.07) is 6.08. The van der Waals surface area contributed by atoms with E-state index in [2.05, 4.69) is 20.7 Å². The summed E-state index contributed by atoms with van der Waals surface area (Å²) in [5.74, 6) is -0.513. The highest BCUT2D eigenvalue weighted by Crippen LogP contribution is 2.24. The molecule has 0 saturated carbocycles. The van der Waals surface area contributed by atoms with Crippen molar-refractivity contribution >= 4 is 37.8 Å². The highest BCUT2D eigenvalue weighted by molar-refractivity contribution is 9.10. The number of hydrogen-bond donors (Lipinski definition) is 1. The van der Waals surface area contributed by atoms with Gasteiger partial charge in [0.05, 0.1) is 19.0 Å². The molecular formula is C22H32BrN3O5S. The van der Waals surface area contributed by atoms with Gasteiger partial charge in [-0.15, -0.1) is 0 Å². The third kappa shape index (κ3) is 6.30. The van der Waals surface area contributed by atoms with E-state index in [4.69, 9.17) is 4.74 Å². The molecule has 2 aliphatic rings. The fourth-order valence-electron chi connectivity index (χ4n) is 4.14. The van der Waals surface area contributed by atoms with Crippen molar-refractivity contribution in [2.45, 2.75) is 45.2 Å². The van der Waals surface area contributed by atoms with Crippen LogP contribution in [0.15, 0.2) is 28.7 Å². The first-order chi connectivity index (χ1) is 15.2. The zero-order chi connectivity index (χ0) is 23.3. The van der Waals surface area contributed by atoms with Crippen molar-refractivity contribution in [1.29, 1.82) is 0 Å². The number of aryl methyl sites for hydroxylation is 1. The molecule has 3 rings (SSSR count). The van der Waals surface area contributed by atoms with E-state index >= 15 is 0 Å². The number of benzene rings is 1. The maximum absolute atomic E-state index is 13.2. The van der Waals surface area contributed by atoms with Gasteiger partial charge in [-0.2, -0.15) is 0 Å². The summed E-state index contributed by atoms with van der Waals surface area (Å²) in [7, 11) is -3.64. The van der Waals surface area contributed by atoms with Gasteiger partial charge in [0.25, 0.3) is 0 Å². The maximum atomic E-state index is 13.2. The Hall–Kier alpha value is -1.49. The number of ether oxygens (including phenoxy) is 1. The minimum Gasteiger partial charge on any atom is -0.378 e. The van der Waals surface area contributed by atoms with Crippen molar-refractivity contribution in [3.63, 3.8) is 0 Å². The van der Waals surface area contributed by atoms with Crippen LogP contribution in [-0.2, 0) is 30.8 Å². The molecule has 2 saturated heterocycles. The van der Waals surface area contributed by atoms with Crippen LogP contribution in [-0.4, -0.2) is 80.7 Å². The number of amides is 2. The number of likely N-dealkylation sites (tertiary alicyclic amines) is 1. The van der Waals surface area contributed by atoms with Gasteiger partial charge in [-0.1, -0.05) is 48.3 Å². The molecule has 1 aromatic rings. The van der Waals surface area contributed by atoms with E-state index in [1.807, 2.05) is 38.1 Å². The summed E-state index contributed by atoms with van der Waals surface area (Å²) in [5.41, 5.74) is 0.908. The van der Waals surface area contributed by atoms with E-state index in [9.17, 15) is 18.0 Å². The van der Waals surface area contributed by atoms with E-state index in [0.29, 0.717) is 45.7 Å². The van der Waals surface area contributed by atoms with Gasteiger partial charge in [0.2, 0.25) is 21.8 Å². The number of sulfonamides is 1. The zero-order valence-electron chi connectivity index (χ0n) is 18.6. The van der Waals surface area contributed by atoms with E-state index in [-0.39, 0.29) is 23.5 Å². The average Bonchev–Trinajstić information content (AvgIpc) is 3.13. The van der Waals surface area contributed by atoms with E-state index in [0.717, 1.165) is 16.5 Å². The molecule has 1 aromatic carbocycles. The molecule has 0 radical (unpaired) electrons. The average molecular weight is 530 g/mol. The van der Waals surface area contributed by atoms with Crippen LogP contribution in [0.5, 0.6) is 0 Å². The number of nitrogens with zero attached hydrogens (tertiary/aromatic N) is 2. The van der Waals surface area contributed by atoms with Gasteiger partial charge < -0.3 is 14.5 Å². The van der Waals surface area contributed by atoms with Gasteiger partial charge in [-0.05, 0) is 36.5 Å². The smallest absolute Gasteiger partial charge is 0.245 e. The number of morpholine rings is 1. The number of carbonyl (C=O) groups excluding carboxylic acids is 2. The van der Waals surface area contributed by atoms with Crippen LogP contribution in [0.25, 0.3) is 0 Å². The molecule has 2 aliphatic heterocycles. The predicted octanol–water partition coefficient (Wildman–Crippen LogP) is 1.79. The predicted molar refractivity (Wildman–Crippen MR) is 126 cm³/mol. The Morgan fingerprint density at radius 3 is 2.50 bits per heavy atom. The first-order valence-electron chi connectivity index (χ1n) is 11.1. The van der Waals surface area contributed by atoms with Crippen molar-refractivity contribution in [1.82, 2.24) is 14.5 Å². The summed E-state index contributed by atoms with van der Waals surface area (Å²) < 4.78 is 34.1. The highest BCUT2D eigenvalue weighted by atomic mass is 79.9. The lowest BCUT2D eigenvalue weighted by atomic mass is 9.96. The number of nitrogens with one attached hydrogen (secondary N) is 1. The Balaban J connectivity index is 1.64. The standard InChI is InChI=1S/C22H32BrN3O5S/c1-3-16(2)20(22(28)25-11-13-31-14-12-25)26-10-8-19(21(26)27)24-32(29,30)15-9-17-4-6-18(23)7-5-17/h4-7,16,19-20,24H,3,8-15H2,1-2H3/t16-,19-,20-/m0/s1. The first kappa shape index (κ1) is 25.1. The fraction of sp³-hybridized carbons (Fsp3) is 0.636. The monoisotopic (exact) mass is 529 g/mol. The maximum Gasteiger partial charge on any atom is 0.245 e. The second-order valence-corrected chi connectivity index (χ2v) is 11.2. The highest BCUT2D eigenvalue weighted by Gasteiger charge is 2.43. The Bertz CT molecular complexity index is 903. The van der Waals surface area contributed by atoms with Gasteiger partial charge in [0.1, 0.15) is 12.1 Å². The van der Waals surface area contributed by atoms with Crippen LogP contribution in [0.4, 0.5) is 0 Å². The molecule has 178 valence electrons. The van der Waals surface area contributed by atoms with Crippen molar-refractivity contribution < 1.29 is 22.7 Å². The van der Waals surface area contributed by atoms with Crippen molar-refractivity contribution in [3.05, 3.63) is 34.3 Å². The topological polar surface area (TPSA) is 96.0 Å². The Morgan fingerprint density at radius 1 is 1.22 bits per heavy atom. The van der Waals surface area contributed by atoms with E-state index < -0.39 is 22.1 Å². The molecule has 0 aromatic heterocycles. The summed E-state index contributed by atoms with van der Waals surface area (Å²) >= 11 is 3.36. The third-order valence-electron chi connectivity index (χ3n) is 6.23. The second-order valence-electron chi connectivity index (χ2n) is 8.45. The zero-order valence-corrected chi connectivity index (χ0v) is 21.0. The molecule has 0 aliphatic carbocycles. The van der Waals surface area contributed by atoms with Crippen molar-refractivity contribution in [3.8, 4) is 0 Å². The largest absolute Gasteiger partial charge is 0.378 e. The molecule has 2 heterocycles. The van der Waals surface area contributed by atoms with E-state index in [1.165, 1.54) is 0 Å². The van der Waals surface area contributed by atoms with Gasteiger partial charge in [-0.3, -0.25) is 9.59 Å². The van der Waals surface area contributed by atoms with Crippen LogP contribution in [0.2, 0.25) is 0 Å². The third-order valence-corrected chi connectivity index (χ3v) is 8.14. The molecule has 32 heavy (non-hydrogen) atoms. The molecule has 10 heteroatoms. The summed E-state index contributed by atoms with van der Waals surface area (Å²) in [6.07, 6.45) is 1.46. The number of hydrogen-bond acceptors (Lipinski definition) is 5. The van der Waals surface area contributed by atoms with Gasteiger partial charge in [-0.25, -0.2) is 13.1 Å². The Morgan fingerprint density at radius 2 is 1.88 bits per heavy atom. The molecule has 2 fully saturated rings. The Labute approximate surface area is 198 Å².